The summed E-state index contributed by atoms with van der Waals surface area (Å²) >= 11 is 5.87. The lowest BCUT2D eigenvalue weighted by molar-refractivity contribution is -0.129. The molecule has 0 bridgehead atoms. The molecule has 1 N–H and O–H groups in total. The van der Waals surface area contributed by atoms with Gasteiger partial charge in [0.25, 0.3) is 0 Å². The van der Waals surface area contributed by atoms with Crippen LogP contribution in [0.3, 0.4) is 0 Å². The van der Waals surface area contributed by atoms with Gasteiger partial charge in [0.1, 0.15) is 11.5 Å². The highest BCUT2D eigenvalue weighted by atomic mass is 35.5. The number of aromatic hydroxyl groups is 1. The van der Waals surface area contributed by atoms with Crippen LogP contribution in [0.5, 0.6) is 11.5 Å². The minimum atomic E-state index is -0.503. The molecule has 0 radical (unpaired) electrons. The molecule has 92 valence electrons. The molecular formula is C14H11ClO3. The van der Waals surface area contributed by atoms with Gasteiger partial charge in [-0.1, -0.05) is 18.2 Å². The van der Waals surface area contributed by atoms with E-state index in [-0.39, 0.29) is 5.75 Å². The van der Waals surface area contributed by atoms with Crippen molar-refractivity contribution in [1.29, 1.82) is 0 Å². The summed E-state index contributed by atoms with van der Waals surface area (Å²) in [4.78, 5) is 11.5. The molecule has 0 amide bonds. The third kappa shape index (κ3) is 2.31. The van der Waals surface area contributed by atoms with Gasteiger partial charge < -0.3 is 9.84 Å². The van der Waals surface area contributed by atoms with Crippen molar-refractivity contribution in [3.8, 4) is 11.5 Å². The maximum atomic E-state index is 11.5. The first-order valence-corrected chi connectivity index (χ1v) is 5.66. The summed E-state index contributed by atoms with van der Waals surface area (Å²) in [5, 5.41) is 11.4. The smallest absolute Gasteiger partial charge is 0.338 e. The number of ether oxygens (including phenoxy) is 1. The minimum Gasteiger partial charge on any atom is -0.507 e. The SMILES string of the molecule is C=C(C)C(=O)Oc1ccc(O)c2cc(Cl)ccc12. The van der Waals surface area contributed by atoms with E-state index < -0.39 is 5.97 Å². The second kappa shape index (κ2) is 4.70. The normalized spacial score (nSPS) is 10.3. The second-order valence-electron chi connectivity index (χ2n) is 3.94. The molecule has 0 aliphatic rings. The molecule has 2 aromatic carbocycles. The van der Waals surface area contributed by atoms with Crippen molar-refractivity contribution >= 4 is 28.3 Å². The summed E-state index contributed by atoms with van der Waals surface area (Å²) in [6.07, 6.45) is 0. The lowest BCUT2D eigenvalue weighted by Gasteiger charge is -2.09. The summed E-state index contributed by atoms with van der Waals surface area (Å²) in [7, 11) is 0. The number of phenols is 1. The molecule has 3 nitrogen and oxygen atoms in total. The maximum absolute atomic E-state index is 11.5. The first-order valence-electron chi connectivity index (χ1n) is 5.28. The van der Waals surface area contributed by atoms with Crippen LogP contribution in [-0.2, 0) is 4.79 Å². The molecule has 0 atom stereocenters. The fraction of sp³-hybridized carbons (Fsp3) is 0.0714. The minimum absolute atomic E-state index is 0.0858. The molecular weight excluding hydrogens is 252 g/mol. The van der Waals surface area contributed by atoms with Gasteiger partial charge in [-0.05, 0) is 37.3 Å². The number of fused-ring (bicyclic) bond motifs is 1. The van der Waals surface area contributed by atoms with Crippen LogP contribution in [0, 0.1) is 0 Å². The topological polar surface area (TPSA) is 46.5 Å². The number of benzene rings is 2. The van der Waals surface area contributed by atoms with Crippen molar-refractivity contribution in [3.63, 3.8) is 0 Å². The highest BCUT2D eigenvalue weighted by molar-refractivity contribution is 6.31. The van der Waals surface area contributed by atoms with Gasteiger partial charge in [-0.25, -0.2) is 4.79 Å². The fourth-order valence-corrected chi connectivity index (χ4v) is 1.73. The Kier molecular flexibility index (Phi) is 3.26. The van der Waals surface area contributed by atoms with E-state index in [4.69, 9.17) is 16.3 Å². The molecule has 2 aromatic rings. The molecule has 0 aliphatic heterocycles. The van der Waals surface area contributed by atoms with E-state index in [1.807, 2.05) is 0 Å². The Bertz CT molecular complexity index is 647. The summed E-state index contributed by atoms with van der Waals surface area (Å²) in [5.41, 5.74) is 0.310. The number of rotatable bonds is 2. The zero-order valence-electron chi connectivity index (χ0n) is 9.74. The monoisotopic (exact) mass is 262 g/mol. The summed E-state index contributed by atoms with van der Waals surface area (Å²) in [6.45, 7) is 5.09. The van der Waals surface area contributed by atoms with Gasteiger partial charge in [-0.3, -0.25) is 0 Å². The average molecular weight is 263 g/mol. The van der Waals surface area contributed by atoms with E-state index in [0.717, 1.165) is 0 Å². The molecule has 18 heavy (non-hydrogen) atoms. The molecule has 0 saturated heterocycles. The largest absolute Gasteiger partial charge is 0.507 e. The summed E-state index contributed by atoms with van der Waals surface area (Å²) in [5.74, 6) is -0.0490. The van der Waals surface area contributed by atoms with E-state index in [1.54, 1.807) is 25.1 Å². The van der Waals surface area contributed by atoms with Crippen molar-refractivity contribution in [2.75, 3.05) is 0 Å². The van der Waals surface area contributed by atoms with Crippen molar-refractivity contribution in [3.05, 3.63) is 47.5 Å². The van der Waals surface area contributed by atoms with Crippen LogP contribution >= 0.6 is 11.6 Å². The van der Waals surface area contributed by atoms with Gasteiger partial charge in [0.15, 0.2) is 0 Å². The summed E-state index contributed by atoms with van der Waals surface area (Å²) in [6, 6.07) is 7.97. The molecule has 0 spiro atoms. The maximum Gasteiger partial charge on any atom is 0.338 e. The zero-order valence-corrected chi connectivity index (χ0v) is 10.5. The van der Waals surface area contributed by atoms with Crippen LogP contribution in [0.4, 0.5) is 0 Å². The Hall–Kier alpha value is -2.00. The predicted molar refractivity (Wildman–Crippen MR) is 71.1 cm³/mol. The first kappa shape index (κ1) is 12.5. The highest BCUT2D eigenvalue weighted by Gasteiger charge is 2.11. The molecule has 2 rings (SSSR count). The molecule has 0 heterocycles. The second-order valence-corrected chi connectivity index (χ2v) is 4.38. The van der Waals surface area contributed by atoms with E-state index in [9.17, 15) is 9.90 Å². The van der Waals surface area contributed by atoms with Crippen LogP contribution < -0.4 is 4.74 Å². The van der Waals surface area contributed by atoms with Crippen molar-refractivity contribution < 1.29 is 14.6 Å². The number of hydrogen-bond acceptors (Lipinski definition) is 3. The molecule has 0 unspecified atom stereocenters. The van der Waals surface area contributed by atoms with Gasteiger partial charge in [-0.2, -0.15) is 0 Å². The number of halogens is 1. The predicted octanol–water partition coefficient (Wildman–Crippen LogP) is 3.68. The number of carbonyl (C=O) groups is 1. The van der Waals surface area contributed by atoms with E-state index in [0.29, 0.717) is 27.1 Å². The van der Waals surface area contributed by atoms with E-state index >= 15 is 0 Å². The Morgan fingerprint density at radius 1 is 1.28 bits per heavy atom. The van der Waals surface area contributed by atoms with Gasteiger partial charge >= 0.3 is 5.97 Å². The Morgan fingerprint density at radius 2 is 2.00 bits per heavy atom. The van der Waals surface area contributed by atoms with E-state index in [1.165, 1.54) is 12.1 Å². The quantitative estimate of drug-likeness (QED) is 0.510. The van der Waals surface area contributed by atoms with Crippen molar-refractivity contribution in [2.45, 2.75) is 6.92 Å². The van der Waals surface area contributed by atoms with Crippen LogP contribution in [0.15, 0.2) is 42.5 Å². The van der Waals surface area contributed by atoms with Gasteiger partial charge in [0, 0.05) is 21.4 Å². The molecule has 0 aliphatic carbocycles. The summed E-state index contributed by atoms with van der Waals surface area (Å²) < 4.78 is 5.19. The standard InChI is InChI=1S/C14H11ClO3/c1-8(2)14(17)18-13-6-5-12(16)11-7-9(15)3-4-10(11)13/h3-7,16H,1H2,2H3. The molecule has 0 saturated carbocycles. The molecule has 0 aromatic heterocycles. The van der Waals surface area contributed by atoms with Crippen LogP contribution in [-0.4, -0.2) is 11.1 Å². The number of carbonyl (C=O) groups excluding carboxylic acids is 1. The van der Waals surface area contributed by atoms with Gasteiger partial charge in [0.2, 0.25) is 0 Å². The van der Waals surface area contributed by atoms with Crippen LogP contribution in [0.2, 0.25) is 5.02 Å². The highest BCUT2D eigenvalue weighted by Crippen LogP contribution is 2.34. The van der Waals surface area contributed by atoms with E-state index in [2.05, 4.69) is 6.58 Å². The lowest BCUT2D eigenvalue weighted by atomic mass is 10.1. The fourth-order valence-electron chi connectivity index (χ4n) is 1.55. The van der Waals surface area contributed by atoms with Gasteiger partial charge in [-0.15, -0.1) is 0 Å². The first-order chi connectivity index (χ1) is 8.49. The lowest BCUT2D eigenvalue weighted by Crippen LogP contribution is -2.08. The Morgan fingerprint density at radius 3 is 2.67 bits per heavy atom. The van der Waals surface area contributed by atoms with Crippen molar-refractivity contribution in [1.82, 2.24) is 0 Å². The zero-order chi connectivity index (χ0) is 13.3. The third-order valence-corrected chi connectivity index (χ3v) is 2.70. The van der Waals surface area contributed by atoms with Crippen molar-refractivity contribution in [2.24, 2.45) is 0 Å². The van der Waals surface area contributed by atoms with Crippen LogP contribution in [0.1, 0.15) is 6.92 Å². The van der Waals surface area contributed by atoms with Gasteiger partial charge in [0.05, 0.1) is 0 Å². The van der Waals surface area contributed by atoms with Crippen LogP contribution in [0.25, 0.3) is 10.8 Å². The number of esters is 1. The molecule has 0 fully saturated rings. The number of phenolic OH excluding ortho intramolecular Hbond substituents is 1. The third-order valence-electron chi connectivity index (χ3n) is 2.47. The number of hydrogen-bond donors (Lipinski definition) is 1. The average Bonchev–Trinajstić information content (AvgIpc) is 2.32. The molecule has 4 heteroatoms. The Labute approximate surface area is 109 Å². The Balaban J connectivity index is 2.56.